The van der Waals surface area contributed by atoms with E-state index in [9.17, 15) is 0 Å². The van der Waals surface area contributed by atoms with Crippen LogP contribution in [0.2, 0.25) is 0 Å². The zero-order valence-corrected chi connectivity index (χ0v) is 14.3. The molecule has 0 saturated carbocycles. The second-order valence-electron chi connectivity index (χ2n) is 5.58. The van der Waals surface area contributed by atoms with Gasteiger partial charge in [-0.25, -0.2) is 0 Å². The predicted octanol–water partition coefficient (Wildman–Crippen LogP) is 4.62. The summed E-state index contributed by atoms with van der Waals surface area (Å²) in [6.45, 7) is 9.26. The van der Waals surface area contributed by atoms with Crippen LogP contribution in [0, 0.1) is 17.2 Å². The van der Waals surface area contributed by atoms with E-state index >= 15 is 0 Å². The fourth-order valence-electron chi connectivity index (χ4n) is 2.16. The van der Waals surface area contributed by atoms with Gasteiger partial charge >= 0.3 is 0 Å². The summed E-state index contributed by atoms with van der Waals surface area (Å²) in [6, 6.07) is 2.14. The van der Waals surface area contributed by atoms with Gasteiger partial charge in [0.2, 0.25) is 0 Å². The van der Waals surface area contributed by atoms with Gasteiger partial charge in [0.25, 0.3) is 0 Å². The molecule has 1 atom stereocenters. The first kappa shape index (κ1) is 17.6. The van der Waals surface area contributed by atoms with Crippen molar-refractivity contribution >= 4 is 22.0 Å². The highest BCUT2D eigenvalue weighted by Gasteiger charge is 2.19. The first-order valence-corrected chi connectivity index (χ1v) is 8.57. The summed E-state index contributed by atoms with van der Waals surface area (Å²) >= 11 is 1.38. The van der Waals surface area contributed by atoms with Crippen molar-refractivity contribution in [1.29, 1.82) is 5.26 Å². The van der Waals surface area contributed by atoms with E-state index in [1.807, 2.05) is 13.8 Å². The Morgan fingerprint density at radius 1 is 1.38 bits per heavy atom. The first-order chi connectivity index (χ1) is 10.0. The highest BCUT2D eigenvalue weighted by Crippen LogP contribution is 2.42. The molecule has 0 saturated heterocycles. The Morgan fingerprint density at radius 3 is 2.62 bits per heavy atom. The second-order valence-corrected chi connectivity index (χ2v) is 6.60. The van der Waals surface area contributed by atoms with E-state index in [4.69, 9.17) is 15.7 Å². The number of hydrogen-bond donors (Lipinski definition) is 2. The minimum Gasteiger partial charge on any atom is -0.486 e. The number of thiophene rings is 1. The lowest BCUT2D eigenvalue weighted by Crippen LogP contribution is -2.14. The molecule has 0 aliphatic carbocycles. The van der Waals surface area contributed by atoms with Crippen LogP contribution in [0.25, 0.3) is 0 Å². The minimum atomic E-state index is 0.0380. The molecule has 0 aliphatic heterocycles. The van der Waals surface area contributed by atoms with Gasteiger partial charge in [0.1, 0.15) is 21.6 Å². The van der Waals surface area contributed by atoms with Crippen molar-refractivity contribution in [2.24, 2.45) is 5.92 Å². The van der Waals surface area contributed by atoms with E-state index in [-0.39, 0.29) is 6.10 Å². The van der Waals surface area contributed by atoms with Crippen LogP contribution in [0.4, 0.5) is 10.7 Å². The van der Waals surface area contributed by atoms with Crippen LogP contribution in [0.3, 0.4) is 0 Å². The van der Waals surface area contributed by atoms with E-state index in [1.165, 1.54) is 30.6 Å². The number of unbranched alkanes of at least 4 members (excludes halogenated alkanes) is 1. The van der Waals surface area contributed by atoms with Crippen molar-refractivity contribution in [3.8, 4) is 11.8 Å². The Hall–Kier alpha value is -1.41. The lowest BCUT2D eigenvalue weighted by atomic mass is 9.99. The maximum Gasteiger partial charge on any atom is 0.178 e. The molecule has 1 aromatic rings. The van der Waals surface area contributed by atoms with Gasteiger partial charge in [0.15, 0.2) is 5.75 Å². The maximum atomic E-state index is 9.13. The normalized spacial score (nSPS) is 12.2. The third-order valence-electron chi connectivity index (χ3n) is 3.45. The van der Waals surface area contributed by atoms with Gasteiger partial charge in [0, 0.05) is 6.54 Å². The summed E-state index contributed by atoms with van der Waals surface area (Å²) in [5, 5.41) is 13.4. The fraction of sp³-hybridized carbons (Fsp3) is 0.688. The first-order valence-electron chi connectivity index (χ1n) is 7.76. The van der Waals surface area contributed by atoms with Gasteiger partial charge in [-0.15, -0.1) is 11.3 Å². The average molecular weight is 309 g/mol. The van der Waals surface area contributed by atoms with E-state index in [0.717, 1.165) is 18.0 Å². The van der Waals surface area contributed by atoms with E-state index in [0.29, 0.717) is 22.2 Å². The Morgan fingerprint density at radius 2 is 2.10 bits per heavy atom. The molecule has 5 heteroatoms. The third kappa shape index (κ3) is 5.13. The lowest BCUT2D eigenvalue weighted by molar-refractivity contribution is 0.246. The molecule has 118 valence electrons. The smallest absolute Gasteiger partial charge is 0.178 e. The van der Waals surface area contributed by atoms with Crippen molar-refractivity contribution in [2.75, 3.05) is 17.6 Å². The zero-order chi connectivity index (χ0) is 15.8. The summed E-state index contributed by atoms with van der Waals surface area (Å²) in [6.07, 6.45) is 4.90. The lowest BCUT2D eigenvalue weighted by Gasteiger charge is -2.17. The van der Waals surface area contributed by atoms with Gasteiger partial charge < -0.3 is 15.8 Å². The molecule has 1 rings (SSSR count). The predicted molar refractivity (Wildman–Crippen MR) is 91.0 cm³/mol. The number of nitrogens with zero attached hydrogens (tertiary/aromatic N) is 1. The van der Waals surface area contributed by atoms with Crippen LogP contribution in [-0.2, 0) is 0 Å². The second kappa shape index (κ2) is 8.78. The number of ether oxygens (including phenoxy) is 1. The highest BCUT2D eigenvalue weighted by atomic mass is 32.1. The Balaban J connectivity index is 2.79. The Kier molecular flexibility index (Phi) is 7.38. The largest absolute Gasteiger partial charge is 0.486 e. The highest BCUT2D eigenvalue weighted by molar-refractivity contribution is 7.17. The summed E-state index contributed by atoms with van der Waals surface area (Å²) in [5.41, 5.74) is 6.46. The van der Waals surface area contributed by atoms with Gasteiger partial charge in [-0.1, -0.05) is 33.1 Å². The Labute approximate surface area is 132 Å². The van der Waals surface area contributed by atoms with Crippen LogP contribution >= 0.6 is 11.3 Å². The molecular formula is C16H27N3OS. The quantitative estimate of drug-likeness (QED) is 0.698. The number of rotatable bonds is 9. The van der Waals surface area contributed by atoms with Crippen LogP contribution < -0.4 is 15.8 Å². The molecule has 0 aliphatic rings. The molecule has 0 amide bonds. The molecule has 0 spiro atoms. The molecule has 1 heterocycles. The van der Waals surface area contributed by atoms with E-state index in [1.54, 1.807) is 0 Å². The molecule has 0 fully saturated rings. The van der Waals surface area contributed by atoms with Crippen LogP contribution in [0.1, 0.15) is 58.3 Å². The summed E-state index contributed by atoms with van der Waals surface area (Å²) < 4.78 is 5.78. The average Bonchev–Trinajstić information content (AvgIpc) is 2.75. The number of nitrogen functional groups attached to an aromatic ring is 1. The number of nitriles is 1. The molecule has 0 aromatic carbocycles. The number of anilines is 2. The van der Waals surface area contributed by atoms with Crippen molar-refractivity contribution in [2.45, 2.75) is 59.5 Å². The fourth-order valence-corrected chi connectivity index (χ4v) is 3.02. The van der Waals surface area contributed by atoms with Crippen molar-refractivity contribution in [3.63, 3.8) is 0 Å². The van der Waals surface area contributed by atoms with Crippen LogP contribution in [0.15, 0.2) is 0 Å². The monoisotopic (exact) mass is 309 g/mol. The maximum absolute atomic E-state index is 9.13. The molecule has 3 N–H and O–H groups in total. The molecule has 21 heavy (non-hydrogen) atoms. The topological polar surface area (TPSA) is 71.1 Å². The number of hydrogen-bond acceptors (Lipinski definition) is 5. The molecule has 0 radical (unpaired) electrons. The molecular weight excluding hydrogens is 282 g/mol. The van der Waals surface area contributed by atoms with Crippen LogP contribution in [0.5, 0.6) is 5.75 Å². The summed E-state index contributed by atoms with van der Waals surface area (Å²) in [5.74, 6) is 1.28. The summed E-state index contributed by atoms with van der Waals surface area (Å²) in [7, 11) is 0. The van der Waals surface area contributed by atoms with Gasteiger partial charge in [-0.05, 0) is 26.2 Å². The number of nitrogens with one attached hydrogen (secondary N) is 1. The molecule has 0 bridgehead atoms. The van der Waals surface area contributed by atoms with Crippen molar-refractivity contribution in [1.82, 2.24) is 0 Å². The number of nitrogens with two attached hydrogens (primary N) is 1. The van der Waals surface area contributed by atoms with Gasteiger partial charge in [0.05, 0.1) is 6.10 Å². The van der Waals surface area contributed by atoms with Crippen molar-refractivity contribution < 1.29 is 4.74 Å². The van der Waals surface area contributed by atoms with Crippen LogP contribution in [-0.4, -0.2) is 12.6 Å². The Bertz CT molecular complexity index is 477. The van der Waals surface area contributed by atoms with Gasteiger partial charge in [-0.3, -0.25) is 0 Å². The van der Waals surface area contributed by atoms with Gasteiger partial charge in [-0.2, -0.15) is 5.26 Å². The standard InChI is InChI=1S/C16H27N3OS/c1-5-7-8-12(6-2)10-19-16-15(20-11(3)4)14(18)13(9-17)21-16/h11-12,19H,5-8,10,18H2,1-4H3. The zero-order valence-electron chi connectivity index (χ0n) is 13.5. The SMILES string of the molecule is CCCCC(CC)CNc1sc(C#N)c(N)c1OC(C)C. The van der Waals surface area contributed by atoms with E-state index in [2.05, 4.69) is 25.2 Å². The molecule has 4 nitrogen and oxygen atoms in total. The summed E-state index contributed by atoms with van der Waals surface area (Å²) in [4.78, 5) is 0.523. The molecule has 1 aromatic heterocycles. The minimum absolute atomic E-state index is 0.0380. The van der Waals surface area contributed by atoms with E-state index < -0.39 is 0 Å². The third-order valence-corrected chi connectivity index (χ3v) is 4.50. The molecule has 1 unspecified atom stereocenters. The van der Waals surface area contributed by atoms with Crippen molar-refractivity contribution in [3.05, 3.63) is 4.88 Å².